The van der Waals surface area contributed by atoms with Crippen LogP contribution in [0.15, 0.2) is 0 Å². The summed E-state index contributed by atoms with van der Waals surface area (Å²) in [4.78, 5) is 1.90. The number of likely N-dealkylation sites (N-methyl/N-ethyl adjacent to an activating group) is 1. The summed E-state index contributed by atoms with van der Waals surface area (Å²) in [6, 6.07) is 0. The highest BCUT2D eigenvalue weighted by atomic mass is 16.3. The van der Waals surface area contributed by atoms with Gasteiger partial charge in [0.05, 0.1) is 12.2 Å². The van der Waals surface area contributed by atoms with E-state index < -0.39 is 12.2 Å². The van der Waals surface area contributed by atoms with Crippen molar-refractivity contribution < 1.29 is 10.2 Å². The molecule has 0 aromatic rings. The predicted octanol–water partition coefficient (Wildman–Crippen LogP) is 0.706. The van der Waals surface area contributed by atoms with Crippen LogP contribution in [0.4, 0.5) is 0 Å². The molecule has 1 fully saturated rings. The van der Waals surface area contributed by atoms with Crippen LogP contribution in [0.2, 0.25) is 0 Å². The second kappa shape index (κ2) is 8.97. The van der Waals surface area contributed by atoms with Gasteiger partial charge >= 0.3 is 0 Å². The van der Waals surface area contributed by atoms with Crippen LogP contribution >= 0.6 is 0 Å². The van der Waals surface area contributed by atoms with E-state index in [4.69, 9.17) is 10.2 Å². The number of aliphatic hydroxyl groups is 2. The van der Waals surface area contributed by atoms with Crippen LogP contribution in [-0.2, 0) is 0 Å². The lowest BCUT2D eigenvalue weighted by Crippen LogP contribution is -2.22. The second-order valence-electron chi connectivity index (χ2n) is 2.36. The number of hydrogen-bond acceptors (Lipinski definition) is 3. The highest BCUT2D eigenvalue weighted by Crippen LogP contribution is 2.05. The van der Waals surface area contributed by atoms with Gasteiger partial charge < -0.3 is 15.1 Å². The standard InChI is InChI=1S/C5H11NO2.2C2H6/c1-6-2-4(7)5(8)3-6;2*1-2/h4-5,7-8H,2-3H2,1H3;2*1-2H3. The summed E-state index contributed by atoms with van der Waals surface area (Å²) in [6.07, 6.45) is -1.06. The molecule has 0 bridgehead atoms. The number of β-amino-alcohol motifs (C(OH)–C–C–N with tert-alkyl or cyclic N) is 2. The summed E-state index contributed by atoms with van der Waals surface area (Å²) in [5.41, 5.74) is 0. The molecule has 2 atom stereocenters. The molecule has 0 radical (unpaired) electrons. The third-order valence-electron chi connectivity index (χ3n) is 1.44. The van der Waals surface area contributed by atoms with E-state index >= 15 is 0 Å². The number of hydrogen-bond donors (Lipinski definition) is 2. The summed E-state index contributed by atoms with van der Waals surface area (Å²) in [6.45, 7) is 9.20. The molecule has 0 aliphatic carbocycles. The Kier molecular flexibility index (Phi) is 10.8. The zero-order chi connectivity index (χ0) is 10.1. The van der Waals surface area contributed by atoms with Crippen LogP contribution in [0.5, 0.6) is 0 Å². The van der Waals surface area contributed by atoms with Gasteiger partial charge in [-0.05, 0) is 7.05 Å². The van der Waals surface area contributed by atoms with Crippen molar-refractivity contribution in [3.63, 3.8) is 0 Å². The highest BCUT2D eigenvalue weighted by molar-refractivity contribution is 4.80. The molecule has 1 aliphatic rings. The zero-order valence-electron chi connectivity index (χ0n) is 8.91. The average Bonchev–Trinajstić information content (AvgIpc) is 2.37. The number of nitrogens with zero attached hydrogens (tertiary/aromatic N) is 1. The molecule has 1 rings (SSSR count). The van der Waals surface area contributed by atoms with Gasteiger partial charge in [0, 0.05) is 13.1 Å². The lowest BCUT2D eigenvalue weighted by Gasteiger charge is -2.02. The maximum absolute atomic E-state index is 8.88. The van der Waals surface area contributed by atoms with Crippen molar-refractivity contribution in [3.8, 4) is 0 Å². The summed E-state index contributed by atoms with van der Waals surface area (Å²) >= 11 is 0. The molecule has 1 aliphatic heterocycles. The van der Waals surface area contributed by atoms with Crippen LogP contribution < -0.4 is 0 Å². The Balaban J connectivity index is 0. The Morgan fingerprint density at radius 1 is 0.917 bits per heavy atom. The van der Waals surface area contributed by atoms with Crippen LogP contribution in [0.3, 0.4) is 0 Å². The topological polar surface area (TPSA) is 43.7 Å². The molecule has 0 aromatic carbocycles. The van der Waals surface area contributed by atoms with Gasteiger partial charge in [0.1, 0.15) is 0 Å². The van der Waals surface area contributed by atoms with E-state index in [1.807, 2.05) is 39.6 Å². The normalized spacial score (nSPS) is 28.2. The van der Waals surface area contributed by atoms with E-state index in [2.05, 4.69) is 0 Å². The molecule has 2 N–H and O–H groups in total. The van der Waals surface area contributed by atoms with Gasteiger partial charge in [-0.3, -0.25) is 0 Å². The number of rotatable bonds is 0. The molecule has 76 valence electrons. The van der Waals surface area contributed by atoms with Crippen molar-refractivity contribution in [1.29, 1.82) is 0 Å². The van der Waals surface area contributed by atoms with Crippen LogP contribution in [0, 0.1) is 0 Å². The first-order valence-electron chi connectivity index (χ1n) is 4.75. The van der Waals surface area contributed by atoms with Crippen LogP contribution in [0.1, 0.15) is 27.7 Å². The van der Waals surface area contributed by atoms with Crippen LogP contribution in [0.25, 0.3) is 0 Å². The molecule has 2 unspecified atom stereocenters. The molecule has 0 saturated carbocycles. The minimum Gasteiger partial charge on any atom is -0.389 e. The van der Waals surface area contributed by atoms with Crippen molar-refractivity contribution in [2.24, 2.45) is 0 Å². The molecule has 3 nitrogen and oxygen atoms in total. The summed E-state index contributed by atoms with van der Waals surface area (Å²) in [5, 5.41) is 17.8. The maximum Gasteiger partial charge on any atom is 0.0938 e. The van der Waals surface area contributed by atoms with E-state index in [1.54, 1.807) is 0 Å². The van der Waals surface area contributed by atoms with Crippen molar-refractivity contribution >= 4 is 0 Å². The molecule has 1 heterocycles. The van der Waals surface area contributed by atoms with E-state index in [0.717, 1.165) is 0 Å². The smallest absolute Gasteiger partial charge is 0.0938 e. The Bertz CT molecular complexity index is 78.6. The minimum atomic E-state index is -0.528. The van der Waals surface area contributed by atoms with Crippen molar-refractivity contribution in [2.45, 2.75) is 39.9 Å². The number of aliphatic hydroxyl groups excluding tert-OH is 2. The van der Waals surface area contributed by atoms with E-state index in [0.29, 0.717) is 13.1 Å². The van der Waals surface area contributed by atoms with E-state index in [-0.39, 0.29) is 0 Å². The lowest BCUT2D eigenvalue weighted by atomic mass is 10.3. The first-order valence-corrected chi connectivity index (χ1v) is 4.75. The van der Waals surface area contributed by atoms with Gasteiger partial charge in [-0.25, -0.2) is 0 Å². The Hall–Kier alpha value is -0.120. The zero-order valence-corrected chi connectivity index (χ0v) is 8.91. The van der Waals surface area contributed by atoms with Crippen molar-refractivity contribution in [2.75, 3.05) is 20.1 Å². The molecule has 3 heteroatoms. The fourth-order valence-electron chi connectivity index (χ4n) is 0.957. The average molecular weight is 177 g/mol. The van der Waals surface area contributed by atoms with Gasteiger partial charge in [0.15, 0.2) is 0 Å². The lowest BCUT2D eigenvalue weighted by molar-refractivity contribution is 0.0572. The second-order valence-corrected chi connectivity index (χ2v) is 2.36. The predicted molar refractivity (Wildman–Crippen MR) is 52.2 cm³/mol. The molecule has 0 spiro atoms. The molecular weight excluding hydrogens is 154 g/mol. The maximum atomic E-state index is 8.88. The fraction of sp³-hybridized carbons (Fsp3) is 1.00. The van der Waals surface area contributed by atoms with Gasteiger partial charge in [-0.2, -0.15) is 0 Å². The van der Waals surface area contributed by atoms with Gasteiger partial charge in [-0.1, -0.05) is 27.7 Å². The minimum absolute atomic E-state index is 0.528. The first kappa shape index (κ1) is 14.4. The van der Waals surface area contributed by atoms with Crippen molar-refractivity contribution in [1.82, 2.24) is 4.90 Å². The third-order valence-corrected chi connectivity index (χ3v) is 1.44. The highest BCUT2D eigenvalue weighted by Gasteiger charge is 2.26. The summed E-state index contributed by atoms with van der Waals surface area (Å²) < 4.78 is 0. The fourth-order valence-corrected chi connectivity index (χ4v) is 0.957. The van der Waals surface area contributed by atoms with E-state index in [1.165, 1.54) is 0 Å². The monoisotopic (exact) mass is 177 g/mol. The largest absolute Gasteiger partial charge is 0.389 e. The van der Waals surface area contributed by atoms with Crippen LogP contribution in [-0.4, -0.2) is 47.5 Å². The summed E-state index contributed by atoms with van der Waals surface area (Å²) in [7, 11) is 1.87. The van der Waals surface area contributed by atoms with Gasteiger partial charge in [0.25, 0.3) is 0 Å². The van der Waals surface area contributed by atoms with Crippen molar-refractivity contribution in [3.05, 3.63) is 0 Å². The third kappa shape index (κ3) is 5.52. The molecule has 0 amide bonds. The molecular formula is C9H23NO2. The van der Waals surface area contributed by atoms with E-state index in [9.17, 15) is 0 Å². The van der Waals surface area contributed by atoms with Gasteiger partial charge in [-0.15, -0.1) is 0 Å². The molecule has 1 saturated heterocycles. The Morgan fingerprint density at radius 3 is 1.25 bits per heavy atom. The number of likely N-dealkylation sites (tertiary alicyclic amines) is 1. The first-order chi connectivity index (χ1) is 5.70. The molecule has 0 aromatic heterocycles. The quantitative estimate of drug-likeness (QED) is 0.572. The Morgan fingerprint density at radius 2 is 1.17 bits per heavy atom. The summed E-state index contributed by atoms with van der Waals surface area (Å²) in [5.74, 6) is 0. The molecule has 12 heavy (non-hydrogen) atoms. The Labute approximate surface area is 76.0 Å². The van der Waals surface area contributed by atoms with Gasteiger partial charge in [0.2, 0.25) is 0 Å². The SMILES string of the molecule is CC.CC.CN1CC(O)C(O)C1.